The van der Waals surface area contributed by atoms with Crippen LogP contribution in [0, 0.1) is 22.7 Å². The summed E-state index contributed by atoms with van der Waals surface area (Å²) >= 11 is 6.21. The topological polar surface area (TPSA) is 143 Å². The highest BCUT2D eigenvalue weighted by Crippen LogP contribution is 2.46. The Balaban J connectivity index is 0.732. The van der Waals surface area contributed by atoms with Crippen LogP contribution in [0.25, 0.3) is 0 Å². The number of nitrogens with zero attached hydrogens (tertiary/aromatic N) is 5. The summed E-state index contributed by atoms with van der Waals surface area (Å²) in [7, 11) is 0. The molecule has 13 heteroatoms. The van der Waals surface area contributed by atoms with Crippen LogP contribution in [-0.2, 0) is 22.7 Å². The molecule has 3 aromatic carbocycles. The van der Waals surface area contributed by atoms with Gasteiger partial charge in [0.25, 0.3) is 17.7 Å². The summed E-state index contributed by atoms with van der Waals surface area (Å²) < 4.78 is 6.24. The number of imide groups is 2. The minimum absolute atomic E-state index is 0.0727. The molecule has 1 unspecified atom stereocenters. The molecule has 57 heavy (non-hydrogen) atoms. The van der Waals surface area contributed by atoms with Crippen molar-refractivity contribution in [2.45, 2.75) is 83.0 Å². The number of amides is 5. The number of rotatable bonds is 7. The van der Waals surface area contributed by atoms with E-state index in [0.29, 0.717) is 59.6 Å². The molecule has 1 atom stereocenters. The average molecular weight is 789 g/mol. The predicted octanol–water partition coefficient (Wildman–Crippen LogP) is 5.70. The Morgan fingerprint density at radius 1 is 0.860 bits per heavy atom. The largest absolute Gasteiger partial charge is 0.490 e. The standard InChI is InChI=1S/C44H45ClN6O6/c45-37-21-34(6-3-29(37)22-46)57-33-9-13-44(14-10-33)15-18-50(26-44)32-4-1-28(2-5-32)41(54)49-16-11-27(12-17-49)23-48-24-30-19-35-36(20-31(30)25-48)43(56)51(42(35)55)38-7-8-39(52)47-40(38)53/h1-6,19-21,27,33,38H,7-18,23-26H2,(H,47,52,53). The third-order valence-corrected chi connectivity index (χ3v) is 13.6. The van der Waals surface area contributed by atoms with Crippen LogP contribution in [-0.4, -0.2) is 89.1 Å². The zero-order chi connectivity index (χ0) is 39.4. The van der Waals surface area contributed by atoms with Crippen molar-refractivity contribution in [3.63, 3.8) is 0 Å². The molecule has 4 fully saturated rings. The summed E-state index contributed by atoms with van der Waals surface area (Å²) in [6, 6.07) is 18.1. The van der Waals surface area contributed by atoms with E-state index in [1.165, 1.54) is 0 Å². The molecule has 0 bridgehead atoms. The number of carbonyl (C=O) groups is 5. The molecule has 1 aliphatic carbocycles. The summed E-state index contributed by atoms with van der Waals surface area (Å²) in [5, 5.41) is 11.8. The molecule has 0 aromatic heterocycles. The van der Waals surface area contributed by atoms with E-state index in [1.54, 1.807) is 12.1 Å². The Bertz CT molecular complexity index is 2160. The molecule has 1 saturated carbocycles. The number of hydrogen-bond acceptors (Lipinski definition) is 9. The van der Waals surface area contributed by atoms with Crippen LogP contribution in [0.4, 0.5) is 5.69 Å². The molecular weight excluding hydrogens is 744 g/mol. The Labute approximate surface area is 336 Å². The number of benzene rings is 3. The predicted molar refractivity (Wildman–Crippen MR) is 211 cm³/mol. The highest BCUT2D eigenvalue weighted by Gasteiger charge is 2.46. The number of fused-ring (bicyclic) bond motifs is 2. The van der Waals surface area contributed by atoms with Gasteiger partial charge in [0.2, 0.25) is 11.8 Å². The number of anilines is 1. The van der Waals surface area contributed by atoms with E-state index < -0.39 is 29.7 Å². The van der Waals surface area contributed by atoms with Gasteiger partial charge < -0.3 is 14.5 Å². The monoisotopic (exact) mass is 788 g/mol. The van der Waals surface area contributed by atoms with Gasteiger partial charge in [-0.3, -0.25) is 39.1 Å². The summed E-state index contributed by atoms with van der Waals surface area (Å²) in [4.78, 5) is 72.0. The van der Waals surface area contributed by atoms with Crippen LogP contribution in [0.1, 0.15) is 106 Å². The lowest BCUT2D eigenvalue weighted by Gasteiger charge is -2.37. The Hall–Kier alpha value is -5.25. The van der Waals surface area contributed by atoms with Crippen LogP contribution < -0.4 is 15.0 Å². The number of halogens is 1. The van der Waals surface area contributed by atoms with Crippen molar-refractivity contribution in [1.29, 1.82) is 5.26 Å². The van der Waals surface area contributed by atoms with Crippen LogP contribution in [0.3, 0.4) is 0 Å². The van der Waals surface area contributed by atoms with E-state index in [-0.39, 0.29) is 30.3 Å². The normalized spacial score (nSPS) is 25.2. The van der Waals surface area contributed by atoms with E-state index in [0.717, 1.165) is 91.9 Å². The van der Waals surface area contributed by atoms with Crippen molar-refractivity contribution in [2.24, 2.45) is 11.3 Å². The molecule has 0 radical (unpaired) electrons. The van der Waals surface area contributed by atoms with Crippen molar-refractivity contribution in [3.05, 3.63) is 93.0 Å². The quantitative estimate of drug-likeness (QED) is 0.299. The van der Waals surface area contributed by atoms with E-state index >= 15 is 0 Å². The smallest absolute Gasteiger partial charge is 0.262 e. The number of piperidine rings is 2. The van der Waals surface area contributed by atoms with Crippen molar-refractivity contribution < 1.29 is 28.7 Å². The average Bonchev–Trinajstić information content (AvgIpc) is 3.88. The zero-order valence-corrected chi connectivity index (χ0v) is 32.6. The fraction of sp³-hybridized carbons (Fsp3) is 0.455. The first-order valence-corrected chi connectivity index (χ1v) is 20.5. The number of ether oxygens (including phenoxy) is 1. The fourth-order valence-electron chi connectivity index (χ4n) is 9.99. The third-order valence-electron chi connectivity index (χ3n) is 13.2. The first kappa shape index (κ1) is 37.3. The van der Waals surface area contributed by atoms with Gasteiger partial charge in [0.15, 0.2) is 0 Å². The van der Waals surface area contributed by atoms with Gasteiger partial charge in [0.1, 0.15) is 17.9 Å². The van der Waals surface area contributed by atoms with Crippen molar-refractivity contribution in [2.75, 3.05) is 37.6 Å². The maximum Gasteiger partial charge on any atom is 0.262 e. The molecule has 6 aliphatic rings. The maximum atomic E-state index is 13.6. The second-order valence-electron chi connectivity index (χ2n) is 16.8. The maximum absolute atomic E-state index is 13.6. The summed E-state index contributed by atoms with van der Waals surface area (Å²) in [6.45, 7) is 5.65. The van der Waals surface area contributed by atoms with Gasteiger partial charge in [0.05, 0.1) is 27.8 Å². The summed E-state index contributed by atoms with van der Waals surface area (Å²) in [6.07, 6.45) is 7.53. The van der Waals surface area contributed by atoms with Gasteiger partial charge in [-0.25, -0.2) is 0 Å². The number of carbonyl (C=O) groups excluding carboxylic acids is 5. The highest BCUT2D eigenvalue weighted by molar-refractivity contribution is 6.31. The van der Waals surface area contributed by atoms with Gasteiger partial charge in [0, 0.05) is 69.6 Å². The van der Waals surface area contributed by atoms with Crippen LogP contribution in [0.15, 0.2) is 54.6 Å². The van der Waals surface area contributed by atoms with E-state index in [2.05, 4.69) is 33.3 Å². The molecule has 5 heterocycles. The lowest BCUT2D eigenvalue weighted by Crippen LogP contribution is -2.54. The van der Waals surface area contributed by atoms with Gasteiger partial charge in [-0.05, 0) is 122 Å². The van der Waals surface area contributed by atoms with E-state index in [4.69, 9.17) is 21.6 Å². The minimum Gasteiger partial charge on any atom is -0.490 e. The van der Waals surface area contributed by atoms with E-state index in [1.807, 2.05) is 35.2 Å². The zero-order valence-electron chi connectivity index (χ0n) is 31.8. The second-order valence-corrected chi connectivity index (χ2v) is 17.2. The molecule has 5 amide bonds. The number of nitrogens with one attached hydrogen (secondary N) is 1. The van der Waals surface area contributed by atoms with Crippen molar-refractivity contribution in [1.82, 2.24) is 20.0 Å². The van der Waals surface area contributed by atoms with E-state index in [9.17, 15) is 24.0 Å². The lowest BCUT2D eigenvalue weighted by atomic mass is 9.72. The number of nitriles is 1. The third kappa shape index (κ3) is 7.16. The summed E-state index contributed by atoms with van der Waals surface area (Å²) in [5.41, 5.74) is 5.29. The molecule has 5 aliphatic heterocycles. The molecule has 294 valence electrons. The Kier molecular flexibility index (Phi) is 9.77. The Morgan fingerprint density at radius 2 is 1.54 bits per heavy atom. The second kappa shape index (κ2) is 14.9. The first-order chi connectivity index (χ1) is 27.6. The van der Waals surface area contributed by atoms with Crippen LogP contribution in [0.2, 0.25) is 5.02 Å². The minimum atomic E-state index is -0.968. The molecule has 1 spiro atoms. The highest BCUT2D eigenvalue weighted by atomic mass is 35.5. The fourth-order valence-corrected chi connectivity index (χ4v) is 10.2. The van der Waals surface area contributed by atoms with Gasteiger partial charge in [-0.2, -0.15) is 5.26 Å². The lowest BCUT2D eigenvalue weighted by molar-refractivity contribution is -0.136. The molecule has 9 rings (SSSR count). The molecule has 3 saturated heterocycles. The van der Waals surface area contributed by atoms with Gasteiger partial charge in [-0.1, -0.05) is 11.6 Å². The molecule has 3 aromatic rings. The van der Waals surface area contributed by atoms with Crippen LogP contribution in [0.5, 0.6) is 5.75 Å². The molecule has 1 N–H and O–H groups in total. The first-order valence-electron chi connectivity index (χ1n) is 20.2. The van der Waals surface area contributed by atoms with Gasteiger partial charge >= 0.3 is 0 Å². The van der Waals surface area contributed by atoms with Crippen molar-refractivity contribution in [3.8, 4) is 11.8 Å². The van der Waals surface area contributed by atoms with Gasteiger partial charge in [-0.15, -0.1) is 0 Å². The SMILES string of the molecule is N#Cc1ccc(OC2CCC3(CC2)CCN(c2ccc(C(=O)N4CCC(CN5Cc6cc7c(cc6C5)C(=O)N(C5CCC(=O)NC5=O)C7=O)CC4)cc2)C3)cc1Cl. The summed E-state index contributed by atoms with van der Waals surface area (Å²) in [5.74, 6) is -0.725. The molecule has 12 nitrogen and oxygen atoms in total. The molecular formula is C44H45ClN6O6. The number of likely N-dealkylation sites (tertiary alicyclic amines) is 1. The number of hydrogen-bond donors (Lipinski definition) is 1. The Morgan fingerprint density at radius 3 is 2.18 bits per heavy atom. The van der Waals surface area contributed by atoms with Crippen LogP contribution >= 0.6 is 11.6 Å². The van der Waals surface area contributed by atoms with Crippen molar-refractivity contribution >= 4 is 46.8 Å².